The minimum Gasteiger partial charge on any atom is -0.489 e. The molecule has 0 saturated carbocycles. The molecule has 1 aliphatic rings. The predicted molar refractivity (Wildman–Crippen MR) is 581 cm³/mol. The van der Waals surface area contributed by atoms with Gasteiger partial charge in [-0.05, 0) is 118 Å². The molecule has 4 aromatic carbocycles. The molecule has 16 heteroatoms. The zero-order chi connectivity index (χ0) is 101. The van der Waals surface area contributed by atoms with E-state index in [1.165, 1.54) is 334 Å². The summed E-state index contributed by atoms with van der Waals surface area (Å²) in [5.41, 5.74) is 11.5. The highest BCUT2D eigenvalue weighted by molar-refractivity contribution is 5.89. The first-order valence-electron chi connectivity index (χ1n) is 57.5. The molecule has 0 saturated heterocycles. The van der Waals surface area contributed by atoms with Crippen molar-refractivity contribution in [1.29, 1.82) is 0 Å². The van der Waals surface area contributed by atoms with E-state index >= 15 is 0 Å². The molecule has 0 fully saturated rings. The molecule has 0 unspecified atom stereocenters. The third-order valence-corrected chi connectivity index (χ3v) is 28.2. The summed E-state index contributed by atoms with van der Waals surface area (Å²) in [7, 11) is 0. The SMILES string of the molecule is C=C(CO)C(=O)OCCOc1c2cc(CCCCCCCCCCCCCCCCCC)cc1Cc1cc(CCCCCCCCCCCCCCCCCC)cc(c1OCCOC(=O)C(=C)CO)Cc1cc(CCCCCCCCCCCCCCCCCC)cc(c1OCCOC(=O)C(=C)CO)Cc1cc(CCCCCCCCCCCCCCCCCC)cc(c1OCCOC(=O)C(=C)CO)C2. The van der Waals surface area contributed by atoms with Crippen LogP contribution in [0.1, 0.15) is 505 Å². The number of rotatable bonds is 92. The Morgan fingerprint density at radius 2 is 0.321 bits per heavy atom. The van der Waals surface area contributed by atoms with Crippen LogP contribution in [0.2, 0.25) is 0 Å². The van der Waals surface area contributed by atoms with Crippen molar-refractivity contribution in [1.82, 2.24) is 0 Å². The fourth-order valence-electron chi connectivity index (χ4n) is 19.8. The number of aliphatic hydroxyl groups is 4. The summed E-state index contributed by atoms with van der Waals surface area (Å²) in [6.07, 6.45) is 85.4. The van der Waals surface area contributed by atoms with E-state index in [0.717, 1.165) is 169 Å². The van der Waals surface area contributed by atoms with Crippen molar-refractivity contribution in [2.45, 2.75) is 490 Å². The summed E-state index contributed by atoms with van der Waals surface area (Å²) in [5.74, 6) is -0.384. The van der Waals surface area contributed by atoms with Gasteiger partial charge in [0.05, 0.1) is 48.7 Å². The van der Waals surface area contributed by atoms with E-state index in [1.807, 2.05) is 0 Å². The summed E-state index contributed by atoms with van der Waals surface area (Å²) in [5, 5.41) is 40.2. The standard InChI is InChI=1S/C124H200O16/c1-9-13-17-21-25-29-33-37-41-45-49-53-57-61-65-69-73-105-85-109-93-111-87-106(74-70-66-62-58-54-50-46-42-38-34-30-26-22-18-14-10-2)89-113(118(111)134-78-82-138-122(130)102(6)98-126)95-115-91-108(76-72-68-64-60-56-52-48-44-40-36-32-28-24-20-16-12-4)92-116(120(115)136-80-84-140-124(132)104(8)100-128)96-114-90-107(75-71-67-63-59-55-51-47-43-39-35-31-27-23-19-15-11-3)88-112(119(114)135-79-83-139-123(131)103(7)99-127)94-110(86-105)117(109)133-77-81-137-121(129)101(5)97-125/h85-92,125-128H,5-84,93-100H2,1-4H3. The molecule has 4 aromatic rings. The molecule has 0 atom stereocenters. The van der Waals surface area contributed by atoms with Crippen molar-refractivity contribution < 1.29 is 77.5 Å². The average Bonchev–Trinajstić information content (AvgIpc) is 0.770. The van der Waals surface area contributed by atoms with E-state index in [1.54, 1.807) is 0 Å². The Kier molecular flexibility index (Phi) is 73.0. The van der Waals surface area contributed by atoms with Crippen LogP contribution < -0.4 is 18.9 Å². The highest BCUT2D eigenvalue weighted by atomic mass is 16.6. The Bertz CT molecular complexity index is 3370. The van der Waals surface area contributed by atoms with Gasteiger partial charge in [-0.1, -0.05) is 488 Å². The summed E-state index contributed by atoms with van der Waals surface area (Å²) in [4.78, 5) is 53.4. The van der Waals surface area contributed by atoms with Crippen molar-refractivity contribution >= 4 is 23.9 Å². The smallest absolute Gasteiger partial charge is 0.335 e. The van der Waals surface area contributed by atoms with Gasteiger partial charge in [-0.3, -0.25) is 0 Å². The van der Waals surface area contributed by atoms with Gasteiger partial charge < -0.3 is 58.3 Å². The topological polar surface area (TPSA) is 223 Å². The van der Waals surface area contributed by atoms with Crippen LogP contribution in [0.25, 0.3) is 0 Å². The first-order chi connectivity index (χ1) is 68.6. The maximum atomic E-state index is 13.4. The largest absolute Gasteiger partial charge is 0.489 e. The molecule has 0 spiro atoms. The van der Waals surface area contributed by atoms with Crippen LogP contribution in [0.15, 0.2) is 97.1 Å². The third-order valence-electron chi connectivity index (χ3n) is 28.2. The van der Waals surface area contributed by atoms with Gasteiger partial charge in [-0.2, -0.15) is 0 Å². The van der Waals surface area contributed by atoms with Crippen LogP contribution in [-0.4, -0.2) is 124 Å². The van der Waals surface area contributed by atoms with E-state index < -0.39 is 50.3 Å². The Hall–Kier alpha value is -7.24. The second-order valence-corrected chi connectivity index (χ2v) is 40.9. The van der Waals surface area contributed by atoms with Gasteiger partial charge in [0.15, 0.2) is 0 Å². The molecule has 792 valence electrons. The number of aryl methyl sites for hydroxylation is 4. The molecular formula is C124H200O16. The number of aliphatic hydroxyl groups excluding tert-OH is 4. The van der Waals surface area contributed by atoms with Crippen LogP contribution in [-0.2, 0) is 89.5 Å². The molecule has 0 aliphatic heterocycles. The lowest BCUT2D eigenvalue weighted by Crippen LogP contribution is -2.18. The minimum absolute atomic E-state index is 0.0334. The van der Waals surface area contributed by atoms with Gasteiger partial charge in [-0.15, -0.1) is 0 Å². The minimum atomic E-state index is -0.714. The van der Waals surface area contributed by atoms with Crippen LogP contribution in [0.3, 0.4) is 0 Å². The average molecular weight is 1950 g/mol. The second-order valence-electron chi connectivity index (χ2n) is 40.9. The molecule has 0 aromatic heterocycles. The Morgan fingerprint density at radius 1 is 0.200 bits per heavy atom. The summed E-state index contributed by atoms with van der Waals surface area (Å²) >= 11 is 0. The number of carbonyl (C=O) groups is 4. The number of hydrogen-bond donors (Lipinski definition) is 4. The van der Waals surface area contributed by atoms with Gasteiger partial charge in [0.1, 0.15) is 75.9 Å². The molecule has 0 amide bonds. The molecular weight excluding hydrogens is 1750 g/mol. The maximum Gasteiger partial charge on any atom is 0.335 e. The van der Waals surface area contributed by atoms with Gasteiger partial charge in [0.25, 0.3) is 0 Å². The van der Waals surface area contributed by atoms with Crippen molar-refractivity contribution in [3.63, 3.8) is 0 Å². The lowest BCUT2D eigenvalue weighted by molar-refractivity contribution is -0.141. The van der Waals surface area contributed by atoms with Crippen molar-refractivity contribution in [2.24, 2.45) is 0 Å². The molecule has 8 bridgehead atoms. The van der Waals surface area contributed by atoms with E-state index in [9.17, 15) is 39.6 Å². The van der Waals surface area contributed by atoms with E-state index in [2.05, 4.69) is 103 Å². The van der Waals surface area contributed by atoms with Gasteiger partial charge in [0.2, 0.25) is 0 Å². The Morgan fingerprint density at radius 3 is 0.443 bits per heavy atom. The first-order valence-corrected chi connectivity index (χ1v) is 57.5. The highest BCUT2D eigenvalue weighted by Gasteiger charge is 2.27. The van der Waals surface area contributed by atoms with Crippen molar-refractivity contribution in [3.8, 4) is 23.0 Å². The van der Waals surface area contributed by atoms with Crippen LogP contribution >= 0.6 is 0 Å². The Labute approximate surface area is 852 Å². The van der Waals surface area contributed by atoms with Crippen LogP contribution in [0, 0.1) is 0 Å². The third kappa shape index (κ3) is 56.9. The first kappa shape index (κ1) is 123. The maximum absolute atomic E-state index is 13.4. The van der Waals surface area contributed by atoms with Crippen LogP contribution in [0.5, 0.6) is 23.0 Å². The number of fused-ring (bicyclic) bond motifs is 8. The van der Waals surface area contributed by atoms with Crippen LogP contribution in [0.4, 0.5) is 0 Å². The second kappa shape index (κ2) is 83.0. The molecule has 4 N–H and O–H groups in total. The van der Waals surface area contributed by atoms with Crippen molar-refractivity contribution in [2.75, 3.05) is 79.3 Å². The summed E-state index contributed by atoms with van der Waals surface area (Å²) in [6.45, 7) is 21.4. The lowest BCUT2D eigenvalue weighted by atomic mass is 9.86. The number of benzene rings is 4. The molecule has 1 aliphatic carbocycles. The zero-order valence-electron chi connectivity index (χ0n) is 89.5. The van der Waals surface area contributed by atoms with Gasteiger partial charge in [0, 0.05) is 25.7 Å². The predicted octanol–water partition coefficient (Wildman–Crippen LogP) is 31.5. The highest BCUT2D eigenvalue weighted by Crippen LogP contribution is 2.43. The number of ether oxygens (including phenoxy) is 8. The zero-order valence-corrected chi connectivity index (χ0v) is 89.5. The molecule has 16 nitrogen and oxygen atoms in total. The number of esters is 4. The normalized spacial score (nSPS) is 11.8. The number of unbranched alkanes of at least 4 members (excludes halogenated alkanes) is 60. The number of carbonyl (C=O) groups excluding carboxylic acids is 4. The van der Waals surface area contributed by atoms with E-state index in [-0.39, 0.29) is 75.1 Å². The summed E-state index contributed by atoms with van der Waals surface area (Å²) in [6, 6.07) is 18.4. The summed E-state index contributed by atoms with van der Waals surface area (Å²) < 4.78 is 52.1. The van der Waals surface area contributed by atoms with Crippen molar-refractivity contribution in [3.05, 3.63) is 164 Å². The van der Waals surface area contributed by atoms with E-state index in [0.29, 0.717) is 48.7 Å². The number of hydrogen-bond acceptors (Lipinski definition) is 16. The molecule has 0 radical (unpaired) electrons. The van der Waals surface area contributed by atoms with Gasteiger partial charge >= 0.3 is 23.9 Å². The monoisotopic (exact) mass is 1950 g/mol. The van der Waals surface area contributed by atoms with Gasteiger partial charge in [-0.25, -0.2) is 19.2 Å². The molecule has 140 heavy (non-hydrogen) atoms. The Balaban J connectivity index is 1.77. The van der Waals surface area contributed by atoms with E-state index in [4.69, 9.17) is 37.9 Å². The fourth-order valence-corrected chi connectivity index (χ4v) is 19.8. The lowest BCUT2D eigenvalue weighted by Gasteiger charge is -2.25. The molecule has 5 rings (SSSR count). The molecule has 0 heterocycles. The fraction of sp³-hybridized carbons (Fsp3) is 0.710. The quantitative estimate of drug-likeness (QED) is 0.0123.